The topological polar surface area (TPSA) is 146 Å². The number of nitrogens with zero attached hydrogens (tertiary/aromatic N) is 2. The number of carbonyl (C=O) groups is 3. The molecule has 0 fully saturated rings. The number of primary amides is 1. The number of anilines is 1. The van der Waals surface area contributed by atoms with Crippen LogP contribution in [-0.2, 0) is 14.3 Å². The summed E-state index contributed by atoms with van der Waals surface area (Å²) in [5, 5.41) is 10.5. The second-order valence-corrected chi connectivity index (χ2v) is 5.07. The Labute approximate surface area is 147 Å². The van der Waals surface area contributed by atoms with Gasteiger partial charge in [-0.3, -0.25) is 19.7 Å². The minimum Gasteiger partial charge on any atom is -0.450 e. The van der Waals surface area contributed by atoms with E-state index in [1.54, 1.807) is 30.3 Å². The average molecular weight is 361 g/mol. The van der Waals surface area contributed by atoms with Crippen molar-refractivity contribution in [3.63, 3.8) is 0 Å². The maximum absolute atomic E-state index is 12.4. The summed E-state index contributed by atoms with van der Waals surface area (Å²) in [7, 11) is 0. The summed E-state index contributed by atoms with van der Waals surface area (Å²) in [6, 6.07) is 10.5. The van der Waals surface area contributed by atoms with Crippen molar-refractivity contribution in [2.24, 2.45) is 5.73 Å². The van der Waals surface area contributed by atoms with Gasteiger partial charge < -0.3 is 19.8 Å². The third-order valence-electron chi connectivity index (χ3n) is 3.25. The average Bonchev–Trinajstić information content (AvgIpc) is 3.11. The van der Waals surface area contributed by atoms with E-state index in [-0.39, 0.29) is 13.0 Å². The summed E-state index contributed by atoms with van der Waals surface area (Å²) >= 11 is 0. The minimum absolute atomic E-state index is 0.0158. The largest absolute Gasteiger partial charge is 0.450 e. The summed E-state index contributed by atoms with van der Waals surface area (Å²) in [6.07, 6.45) is -0.0705. The number of rotatable bonds is 8. The molecule has 0 saturated carbocycles. The fraction of sp³-hybridized carbons (Fsp3) is 0.188. The van der Waals surface area contributed by atoms with Gasteiger partial charge in [-0.1, -0.05) is 18.2 Å². The van der Waals surface area contributed by atoms with Crippen LogP contribution in [0.4, 0.5) is 11.6 Å². The lowest BCUT2D eigenvalue weighted by Crippen LogP contribution is -2.37. The maximum atomic E-state index is 12.4. The van der Waals surface area contributed by atoms with Gasteiger partial charge in [0.15, 0.2) is 6.61 Å². The van der Waals surface area contributed by atoms with Crippen LogP contribution in [-0.4, -0.2) is 35.9 Å². The number of hydrogen-bond donors (Lipinski definition) is 1. The van der Waals surface area contributed by atoms with Gasteiger partial charge in [-0.25, -0.2) is 4.79 Å². The van der Waals surface area contributed by atoms with Gasteiger partial charge in [-0.2, -0.15) is 0 Å². The highest BCUT2D eigenvalue weighted by atomic mass is 16.7. The molecular formula is C16H15N3O7. The number of esters is 1. The second-order valence-electron chi connectivity index (χ2n) is 5.07. The molecule has 2 amide bonds. The van der Waals surface area contributed by atoms with Crippen molar-refractivity contribution in [3.8, 4) is 0 Å². The maximum Gasteiger partial charge on any atom is 0.433 e. The van der Waals surface area contributed by atoms with E-state index in [0.717, 1.165) is 12.1 Å². The highest BCUT2D eigenvalue weighted by molar-refractivity contribution is 5.97. The fourth-order valence-electron chi connectivity index (χ4n) is 2.04. The van der Waals surface area contributed by atoms with Crippen molar-refractivity contribution in [2.75, 3.05) is 18.1 Å². The van der Waals surface area contributed by atoms with E-state index in [1.165, 1.54) is 4.90 Å². The van der Waals surface area contributed by atoms with Crippen LogP contribution in [0.1, 0.15) is 17.0 Å². The monoisotopic (exact) mass is 361 g/mol. The van der Waals surface area contributed by atoms with E-state index >= 15 is 0 Å². The number of furan rings is 1. The molecular weight excluding hydrogens is 346 g/mol. The number of carbonyl (C=O) groups excluding carboxylic acids is 3. The molecule has 1 heterocycles. The van der Waals surface area contributed by atoms with Gasteiger partial charge in [0.05, 0.1) is 6.07 Å². The molecule has 2 aromatic rings. The molecule has 0 aliphatic carbocycles. The summed E-state index contributed by atoms with van der Waals surface area (Å²) in [6.45, 7) is -0.622. The number of benzene rings is 1. The van der Waals surface area contributed by atoms with E-state index in [0.29, 0.717) is 5.69 Å². The van der Waals surface area contributed by atoms with E-state index in [9.17, 15) is 24.5 Å². The number of para-hydroxylation sites is 1. The summed E-state index contributed by atoms with van der Waals surface area (Å²) in [5.41, 5.74) is 5.62. The minimum atomic E-state index is -1.02. The molecule has 0 spiro atoms. The molecule has 0 aliphatic heterocycles. The Morgan fingerprint density at radius 2 is 1.85 bits per heavy atom. The van der Waals surface area contributed by atoms with E-state index in [2.05, 4.69) is 0 Å². The van der Waals surface area contributed by atoms with E-state index in [4.69, 9.17) is 14.9 Å². The molecule has 0 unspecified atom stereocenters. The van der Waals surface area contributed by atoms with Crippen LogP contribution in [0, 0.1) is 10.1 Å². The SMILES string of the molecule is NC(=O)CCN(C(=O)COC(=O)c1ccc([N+](=O)[O-])o1)c1ccccc1. The van der Waals surface area contributed by atoms with Crippen LogP contribution >= 0.6 is 0 Å². The van der Waals surface area contributed by atoms with E-state index in [1.807, 2.05) is 0 Å². The van der Waals surface area contributed by atoms with Crippen LogP contribution in [0.3, 0.4) is 0 Å². The molecule has 1 aromatic heterocycles. The van der Waals surface area contributed by atoms with Gasteiger partial charge in [-0.05, 0) is 18.2 Å². The lowest BCUT2D eigenvalue weighted by atomic mass is 10.2. The molecule has 0 atom stereocenters. The standard InChI is InChI=1S/C16H15N3O7/c17-13(20)8-9-18(11-4-2-1-3-5-11)14(21)10-25-16(22)12-6-7-15(26-12)19(23)24/h1-7H,8-10H2,(H2,17,20). The van der Waals surface area contributed by atoms with Gasteiger partial charge in [-0.15, -0.1) is 0 Å². The van der Waals surface area contributed by atoms with Gasteiger partial charge in [0, 0.05) is 18.7 Å². The van der Waals surface area contributed by atoms with Crippen molar-refractivity contribution in [2.45, 2.75) is 6.42 Å². The summed E-state index contributed by atoms with van der Waals surface area (Å²) < 4.78 is 9.53. The zero-order valence-corrected chi connectivity index (χ0v) is 13.5. The first-order valence-electron chi connectivity index (χ1n) is 7.43. The Hall–Kier alpha value is -3.69. The lowest BCUT2D eigenvalue weighted by Gasteiger charge is -2.22. The van der Waals surface area contributed by atoms with Crippen LogP contribution in [0.15, 0.2) is 46.9 Å². The smallest absolute Gasteiger partial charge is 0.433 e. The Morgan fingerprint density at radius 3 is 2.42 bits per heavy atom. The lowest BCUT2D eigenvalue weighted by molar-refractivity contribution is -0.402. The van der Waals surface area contributed by atoms with Crippen LogP contribution in [0.2, 0.25) is 0 Å². The van der Waals surface area contributed by atoms with Gasteiger partial charge in [0.2, 0.25) is 11.7 Å². The third kappa shape index (κ3) is 4.90. The third-order valence-corrected chi connectivity index (χ3v) is 3.25. The van der Waals surface area contributed by atoms with Gasteiger partial charge in [0.25, 0.3) is 5.91 Å². The molecule has 136 valence electrons. The van der Waals surface area contributed by atoms with Crippen molar-refractivity contribution in [1.82, 2.24) is 0 Å². The summed E-state index contributed by atoms with van der Waals surface area (Å²) in [5.74, 6) is -3.21. The van der Waals surface area contributed by atoms with Crippen LogP contribution in [0.5, 0.6) is 0 Å². The zero-order chi connectivity index (χ0) is 19.1. The Balaban J connectivity index is 2.02. The van der Waals surface area contributed by atoms with E-state index < -0.39 is 41.0 Å². The second kappa shape index (κ2) is 8.42. The number of amides is 2. The Bertz CT molecular complexity index is 816. The first kappa shape index (κ1) is 18.6. The Morgan fingerprint density at radius 1 is 1.15 bits per heavy atom. The van der Waals surface area contributed by atoms with Gasteiger partial charge in [0.1, 0.15) is 4.92 Å². The van der Waals surface area contributed by atoms with Crippen molar-refractivity contribution in [3.05, 3.63) is 58.3 Å². The van der Waals surface area contributed by atoms with Gasteiger partial charge >= 0.3 is 11.9 Å². The predicted octanol–water partition coefficient (Wildman–Crippen LogP) is 1.25. The zero-order valence-electron chi connectivity index (χ0n) is 13.5. The number of ether oxygens (including phenoxy) is 1. The molecule has 2 N–H and O–H groups in total. The Kier molecular flexibility index (Phi) is 6.04. The van der Waals surface area contributed by atoms with Crippen molar-refractivity contribution < 1.29 is 28.5 Å². The normalized spacial score (nSPS) is 10.2. The highest BCUT2D eigenvalue weighted by Gasteiger charge is 2.22. The molecule has 10 nitrogen and oxygen atoms in total. The van der Waals surface area contributed by atoms with Crippen LogP contribution in [0.25, 0.3) is 0 Å². The quantitative estimate of drug-likeness (QED) is 0.423. The van der Waals surface area contributed by atoms with Crippen molar-refractivity contribution in [1.29, 1.82) is 0 Å². The molecule has 2 rings (SSSR count). The molecule has 0 radical (unpaired) electrons. The molecule has 0 saturated heterocycles. The molecule has 26 heavy (non-hydrogen) atoms. The molecule has 0 bridgehead atoms. The highest BCUT2D eigenvalue weighted by Crippen LogP contribution is 2.17. The van der Waals surface area contributed by atoms with Crippen LogP contribution < -0.4 is 10.6 Å². The summed E-state index contributed by atoms with van der Waals surface area (Å²) in [4.78, 5) is 46.2. The number of nitrogens with two attached hydrogens (primary N) is 1. The number of nitro groups is 1. The number of hydrogen-bond acceptors (Lipinski definition) is 7. The molecule has 0 aliphatic rings. The molecule has 10 heteroatoms. The first-order valence-corrected chi connectivity index (χ1v) is 7.43. The first-order chi connectivity index (χ1) is 12.4. The van der Waals surface area contributed by atoms with Crippen molar-refractivity contribution >= 4 is 29.4 Å². The fourth-order valence-corrected chi connectivity index (χ4v) is 2.04. The molecule has 1 aromatic carbocycles. The predicted molar refractivity (Wildman–Crippen MR) is 88.3 cm³/mol.